The predicted octanol–water partition coefficient (Wildman–Crippen LogP) is 2.44. The van der Waals surface area contributed by atoms with E-state index in [1.54, 1.807) is 24.3 Å². The van der Waals surface area contributed by atoms with E-state index in [9.17, 15) is 4.39 Å². The number of aromatic nitrogens is 2. The normalized spacial score (nSPS) is 10.4. The van der Waals surface area contributed by atoms with Crippen LogP contribution in [-0.2, 0) is 6.54 Å². The van der Waals surface area contributed by atoms with Crippen molar-refractivity contribution in [2.24, 2.45) is 0 Å². The van der Waals surface area contributed by atoms with Gasteiger partial charge in [-0.3, -0.25) is 0 Å². The number of benzene rings is 1. The zero-order chi connectivity index (χ0) is 13.0. The number of ether oxygens (including phenoxy) is 1. The lowest BCUT2D eigenvalue weighted by molar-refractivity contribution is 0.420. The van der Waals surface area contributed by atoms with E-state index < -0.39 is 5.82 Å². The van der Waals surface area contributed by atoms with Crippen molar-refractivity contribution >= 4 is 0 Å². The van der Waals surface area contributed by atoms with Crippen LogP contribution in [0, 0.1) is 12.7 Å². The molecule has 0 fully saturated rings. The number of hydrogen-bond donors (Lipinski definition) is 1. The van der Waals surface area contributed by atoms with Crippen LogP contribution in [0.2, 0.25) is 0 Å². The SMILES string of the molecule is CNCc1ccc(Oc2cc(C)ccc2F)nn1. The van der Waals surface area contributed by atoms with Crippen molar-refractivity contribution < 1.29 is 9.13 Å². The van der Waals surface area contributed by atoms with Crippen LogP contribution in [0.5, 0.6) is 11.6 Å². The molecule has 0 radical (unpaired) electrons. The van der Waals surface area contributed by atoms with E-state index in [1.165, 1.54) is 6.07 Å². The summed E-state index contributed by atoms with van der Waals surface area (Å²) in [5, 5.41) is 10.8. The molecule has 1 aromatic heterocycles. The molecule has 1 heterocycles. The van der Waals surface area contributed by atoms with E-state index in [-0.39, 0.29) is 11.6 Å². The zero-order valence-electron chi connectivity index (χ0n) is 10.3. The van der Waals surface area contributed by atoms with E-state index in [4.69, 9.17) is 4.74 Å². The highest BCUT2D eigenvalue weighted by Gasteiger charge is 2.06. The van der Waals surface area contributed by atoms with Gasteiger partial charge in [-0.05, 0) is 37.7 Å². The van der Waals surface area contributed by atoms with Crippen molar-refractivity contribution in [3.63, 3.8) is 0 Å². The highest BCUT2D eigenvalue weighted by atomic mass is 19.1. The Hall–Kier alpha value is -2.01. The molecule has 0 saturated carbocycles. The number of nitrogens with one attached hydrogen (secondary N) is 1. The number of hydrogen-bond acceptors (Lipinski definition) is 4. The Labute approximate surface area is 105 Å². The third-order valence-electron chi connectivity index (χ3n) is 2.35. The minimum absolute atomic E-state index is 0.158. The highest BCUT2D eigenvalue weighted by molar-refractivity contribution is 5.32. The van der Waals surface area contributed by atoms with E-state index in [2.05, 4.69) is 15.5 Å². The molecule has 2 rings (SSSR count). The fourth-order valence-electron chi connectivity index (χ4n) is 1.48. The van der Waals surface area contributed by atoms with E-state index in [1.807, 2.05) is 14.0 Å². The molecule has 1 aromatic carbocycles. The smallest absolute Gasteiger partial charge is 0.239 e. The molecule has 0 aliphatic carbocycles. The van der Waals surface area contributed by atoms with Crippen molar-refractivity contribution in [3.05, 3.63) is 47.4 Å². The van der Waals surface area contributed by atoms with Crippen LogP contribution in [0.15, 0.2) is 30.3 Å². The molecule has 0 amide bonds. The minimum atomic E-state index is -0.415. The monoisotopic (exact) mass is 247 g/mol. The summed E-state index contributed by atoms with van der Waals surface area (Å²) in [7, 11) is 1.83. The molecule has 0 saturated heterocycles. The standard InChI is InChI=1S/C13H14FN3O/c1-9-3-5-11(14)12(7-9)18-13-6-4-10(8-15-2)16-17-13/h3-7,15H,8H2,1-2H3. The number of rotatable bonds is 4. The van der Waals surface area contributed by atoms with Gasteiger partial charge in [0.25, 0.3) is 0 Å². The van der Waals surface area contributed by atoms with Crippen LogP contribution in [0.4, 0.5) is 4.39 Å². The summed E-state index contributed by atoms with van der Waals surface area (Å²) in [6.45, 7) is 2.50. The topological polar surface area (TPSA) is 47.0 Å². The van der Waals surface area contributed by atoms with Gasteiger partial charge in [0, 0.05) is 12.6 Å². The van der Waals surface area contributed by atoms with E-state index in [0.717, 1.165) is 11.3 Å². The second-order valence-corrected chi connectivity index (χ2v) is 3.93. The summed E-state index contributed by atoms with van der Waals surface area (Å²) in [5.41, 5.74) is 1.72. The predicted molar refractivity (Wildman–Crippen MR) is 66.0 cm³/mol. The molecule has 94 valence electrons. The van der Waals surface area contributed by atoms with Crippen LogP contribution < -0.4 is 10.1 Å². The second kappa shape index (κ2) is 5.55. The van der Waals surface area contributed by atoms with Gasteiger partial charge in [0.2, 0.25) is 5.88 Å². The molecule has 0 unspecified atom stereocenters. The quantitative estimate of drug-likeness (QED) is 0.901. The molecule has 18 heavy (non-hydrogen) atoms. The number of halogens is 1. The Bertz CT molecular complexity index is 528. The lowest BCUT2D eigenvalue weighted by Crippen LogP contribution is -2.07. The summed E-state index contributed by atoms with van der Waals surface area (Å²) >= 11 is 0. The summed E-state index contributed by atoms with van der Waals surface area (Å²) in [6, 6.07) is 8.13. The molecule has 0 spiro atoms. The van der Waals surface area contributed by atoms with Crippen molar-refractivity contribution in [2.75, 3.05) is 7.05 Å². The van der Waals surface area contributed by atoms with Gasteiger partial charge in [-0.1, -0.05) is 6.07 Å². The molecule has 0 bridgehead atoms. The van der Waals surface area contributed by atoms with Crippen LogP contribution >= 0.6 is 0 Å². The fourth-order valence-corrected chi connectivity index (χ4v) is 1.48. The first-order valence-corrected chi connectivity index (χ1v) is 5.60. The van der Waals surface area contributed by atoms with Gasteiger partial charge in [-0.15, -0.1) is 5.10 Å². The van der Waals surface area contributed by atoms with Crippen molar-refractivity contribution in [3.8, 4) is 11.6 Å². The molecule has 1 N–H and O–H groups in total. The Kier molecular flexibility index (Phi) is 3.84. The molecule has 0 atom stereocenters. The highest BCUT2D eigenvalue weighted by Crippen LogP contribution is 2.23. The lowest BCUT2D eigenvalue weighted by atomic mass is 10.2. The van der Waals surface area contributed by atoms with Crippen LogP contribution in [0.3, 0.4) is 0 Å². The molecule has 0 aliphatic rings. The van der Waals surface area contributed by atoms with Crippen LogP contribution in [0.1, 0.15) is 11.3 Å². The number of nitrogens with zero attached hydrogens (tertiary/aromatic N) is 2. The fraction of sp³-hybridized carbons (Fsp3) is 0.231. The molecule has 0 aliphatic heterocycles. The van der Waals surface area contributed by atoms with Crippen molar-refractivity contribution in [2.45, 2.75) is 13.5 Å². The molecule has 2 aromatic rings. The van der Waals surface area contributed by atoms with E-state index >= 15 is 0 Å². The first-order chi connectivity index (χ1) is 8.69. The Morgan fingerprint density at radius 2 is 2.06 bits per heavy atom. The van der Waals surface area contributed by atoms with Gasteiger partial charge in [0.1, 0.15) is 0 Å². The average molecular weight is 247 g/mol. The minimum Gasteiger partial charge on any atom is -0.434 e. The van der Waals surface area contributed by atoms with Crippen molar-refractivity contribution in [1.82, 2.24) is 15.5 Å². The second-order valence-electron chi connectivity index (χ2n) is 3.93. The maximum Gasteiger partial charge on any atom is 0.239 e. The first kappa shape index (κ1) is 12.4. The van der Waals surface area contributed by atoms with Gasteiger partial charge >= 0.3 is 0 Å². The maximum atomic E-state index is 13.5. The largest absolute Gasteiger partial charge is 0.434 e. The van der Waals surface area contributed by atoms with Gasteiger partial charge in [-0.2, -0.15) is 5.10 Å². The first-order valence-electron chi connectivity index (χ1n) is 5.60. The van der Waals surface area contributed by atoms with Gasteiger partial charge in [0.05, 0.1) is 5.69 Å². The molecular weight excluding hydrogens is 233 g/mol. The maximum absolute atomic E-state index is 13.5. The van der Waals surface area contributed by atoms with Gasteiger partial charge < -0.3 is 10.1 Å². The summed E-state index contributed by atoms with van der Waals surface area (Å²) < 4.78 is 18.8. The average Bonchev–Trinajstić information content (AvgIpc) is 2.37. The van der Waals surface area contributed by atoms with Gasteiger partial charge in [0.15, 0.2) is 11.6 Å². The molecular formula is C13H14FN3O. The zero-order valence-corrected chi connectivity index (χ0v) is 10.3. The van der Waals surface area contributed by atoms with Crippen molar-refractivity contribution in [1.29, 1.82) is 0 Å². The summed E-state index contributed by atoms with van der Waals surface area (Å²) in [4.78, 5) is 0. The molecule has 5 heteroatoms. The summed E-state index contributed by atoms with van der Waals surface area (Å²) in [5.74, 6) is 0.0201. The Morgan fingerprint density at radius 3 is 2.72 bits per heavy atom. The van der Waals surface area contributed by atoms with Crippen LogP contribution in [-0.4, -0.2) is 17.2 Å². The lowest BCUT2D eigenvalue weighted by Gasteiger charge is -2.06. The van der Waals surface area contributed by atoms with Crippen LogP contribution in [0.25, 0.3) is 0 Å². The molecule has 4 nitrogen and oxygen atoms in total. The summed E-state index contributed by atoms with van der Waals surface area (Å²) in [6.07, 6.45) is 0. The Morgan fingerprint density at radius 1 is 1.22 bits per heavy atom. The Balaban J connectivity index is 2.15. The number of aryl methyl sites for hydroxylation is 1. The van der Waals surface area contributed by atoms with E-state index in [0.29, 0.717) is 6.54 Å². The third kappa shape index (κ3) is 3.01. The third-order valence-corrected chi connectivity index (χ3v) is 2.35. The van der Waals surface area contributed by atoms with Gasteiger partial charge in [-0.25, -0.2) is 4.39 Å².